The Kier molecular flexibility index (Phi) is 6.47. The maximum atomic E-state index is 12.9. The monoisotopic (exact) mass is 457 g/mol. The van der Waals surface area contributed by atoms with Gasteiger partial charge in [0.25, 0.3) is 5.91 Å². The van der Waals surface area contributed by atoms with Crippen molar-refractivity contribution in [1.29, 1.82) is 5.26 Å². The molecule has 1 aromatic carbocycles. The fourth-order valence-electron chi connectivity index (χ4n) is 4.44. The number of hydrogen-bond acceptors (Lipinski definition) is 5. The molecule has 1 amide bonds. The highest BCUT2D eigenvalue weighted by atomic mass is 32.2. The number of anilines is 1. The molecular weight excluding hydrogens is 430 g/mol. The number of nitrogens with one attached hydrogen (secondary N) is 2. The Hall–Kier alpha value is -2.21. The Bertz CT molecular complexity index is 1130. The molecule has 0 radical (unpaired) electrons. The molecule has 8 heteroatoms. The third kappa shape index (κ3) is 4.84. The van der Waals surface area contributed by atoms with Crippen molar-refractivity contribution in [2.75, 3.05) is 5.32 Å². The van der Waals surface area contributed by atoms with Gasteiger partial charge in [0.05, 0.1) is 10.5 Å². The molecule has 1 unspecified atom stereocenters. The predicted octanol–water partition coefficient (Wildman–Crippen LogP) is 4.61. The zero-order valence-corrected chi connectivity index (χ0v) is 19.2. The topological polar surface area (TPSA) is 99.1 Å². The molecule has 1 heterocycles. The van der Waals surface area contributed by atoms with Crippen LogP contribution >= 0.6 is 11.3 Å². The van der Waals surface area contributed by atoms with Crippen molar-refractivity contribution >= 4 is 32.3 Å². The van der Waals surface area contributed by atoms with Gasteiger partial charge in [-0.15, -0.1) is 11.3 Å². The van der Waals surface area contributed by atoms with Crippen LogP contribution in [0.2, 0.25) is 0 Å². The summed E-state index contributed by atoms with van der Waals surface area (Å²) >= 11 is 1.46. The zero-order valence-electron chi connectivity index (χ0n) is 17.6. The van der Waals surface area contributed by atoms with Crippen LogP contribution in [0.15, 0.2) is 29.2 Å². The highest BCUT2D eigenvalue weighted by Gasteiger charge is 2.26. The van der Waals surface area contributed by atoms with Gasteiger partial charge in [0, 0.05) is 16.5 Å². The lowest BCUT2D eigenvalue weighted by Gasteiger charge is -2.22. The number of nitriles is 1. The lowest BCUT2D eigenvalue weighted by Crippen LogP contribution is -2.36. The molecule has 31 heavy (non-hydrogen) atoms. The van der Waals surface area contributed by atoms with E-state index in [4.69, 9.17) is 0 Å². The summed E-state index contributed by atoms with van der Waals surface area (Å²) in [4.78, 5) is 14.2. The van der Waals surface area contributed by atoms with Crippen molar-refractivity contribution in [1.82, 2.24) is 4.72 Å². The second-order valence-electron chi connectivity index (χ2n) is 8.61. The highest BCUT2D eigenvalue weighted by Crippen LogP contribution is 2.39. The van der Waals surface area contributed by atoms with Crippen LogP contribution in [-0.4, -0.2) is 20.4 Å². The molecule has 2 aliphatic carbocycles. The Morgan fingerprint density at radius 1 is 1.19 bits per heavy atom. The molecule has 0 saturated heterocycles. The molecule has 164 valence electrons. The molecule has 6 nitrogen and oxygen atoms in total. The average molecular weight is 458 g/mol. The predicted molar refractivity (Wildman–Crippen MR) is 122 cm³/mol. The minimum absolute atomic E-state index is 0.0470. The van der Waals surface area contributed by atoms with Crippen molar-refractivity contribution in [3.8, 4) is 6.07 Å². The van der Waals surface area contributed by atoms with E-state index in [2.05, 4.69) is 23.0 Å². The number of hydrogen-bond donors (Lipinski definition) is 2. The second-order valence-corrected chi connectivity index (χ2v) is 11.4. The Labute approximate surface area is 187 Å². The molecule has 1 atom stereocenters. The molecule has 2 aliphatic rings. The molecule has 2 aromatic rings. The van der Waals surface area contributed by atoms with Crippen LogP contribution < -0.4 is 10.0 Å². The van der Waals surface area contributed by atoms with Crippen molar-refractivity contribution in [2.45, 2.75) is 69.2 Å². The summed E-state index contributed by atoms with van der Waals surface area (Å²) in [6.45, 7) is 2.19. The van der Waals surface area contributed by atoms with Gasteiger partial charge in [0.2, 0.25) is 10.0 Å². The van der Waals surface area contributed by atoms with Crippen LogP contribution in [0.4, 0.5) is 5.00 Å². The van der Waals surface area contributed by atoms with Gasteiger partial charge >= 0.3 is 0 Å². The molecule has 1 saturated carbocycles. The zero-order chi connectivity index (χ0) is 22.0. The Morgan fingerprint density at radius 2 is 1.97 bits per heavy atom. The van der Waals surface area contributed by atoms with Crippen molar-refractivity contribution < 1.29 is 13.2 Å². The smallest absolute Gasteiger partial charge is 0.256 e. The average Bonchev–Trinajstić information content (AvgIpc) is 3.10. The van der Waals surface area contributed by atoms with Crippen LogP contribution in [0, 0.1) is 17.2 Å². The number of thiophene rings is 1. The Morgan fingerprint density at radius 3 is 2.71 bits per heavy atom. The first-order valence-corrected chi connectivity index (χ1v) is 13.2. The van der Waals surface area contributed by atoms with Gasteiger partial charge in [0.15, 0.2) is 0 Å². The van der Waals surface area contributed by atoms with Crippen molar-refractivity contribution in [3.63, 3.8) is 0 Å². The van der Waals surface area contributed by atoms with Crippen molar-refractivity contribution in [3.05, 3.63) is 45.8 Å². The van der Waals surface area contributed by atoms with Gasteiger partial charge in [-0.25, -0.2) is 13.1 Å². The molecular formula is C23H27N3O3S2. The first kappa shape index (κ1) is 22.0. The van der Waals surface area contributed by atoms with Crippen LogP contribution in [0.3, 0.4) is 0 Å². The molecule has 2 N–H and O–H groups in total. The molecule has 4 rings (SSSR count). The maximum Gasteiger partial charge on any atom is 0.256 e. The van der Waals surface area contributed by atoms with E-state index in [1.54, 1.807) is 12.1 Å². The van der Waals surface area contributed by atoms with Gasteiger partial charge in [-0.2, -0.15) is 5.26 Å². The second kappa shape index (κ2) is 9.11. The number of nitrogens with zero attached hydrogens (tertiary/aromatic N) is 1. The molecule has 0 bridgehead atoms. The van der Waals surface area contributed by atoms with E-state index in [0.29, 0.717) is 16.5 Å². The van der Waals surface area contributed by atoms with E-state index in [1.807, 2.05) is 0 Å². The van der Waals surface area contributed by atoms with E-state index in [1.165, 1.54) is 28.3 Å². The number of benzene rings is 1. The molecule has 0 spiro atoms. The fourth-order valence-corrected chi connectivity index (χ4v) is 7.15. The van der Waals surface area contributed by atoms with E-state index in [-0.39, 0.29) is 16.5 Å². The lowest BCUT2D eigenvalue weighted by molar-refractivity contribution is 0.102. The first-order chi connectivity index (χ1) is 14.9. The van der Waals surface area contributed by atoms with Crippen LogP contribution in [0.1, 0.15) is 71.8 Å². The Balaban J connectivity index is 1.53. The third-order valence-corrected chi connectivity index (χ3v) is 8.87. The SMILES string of the molecule is CC1CCc2c(sc(NC(=O)c3cccc(S(=O)(=O)NC4CCCCC4)c3)c2C#N)C1. The van der Waals surface area contributed by atoms with Crippen LogP contribution in [-0.2, 0) is 22.9 Å². The standard InChI is InChI=1S/C23H27N3O3S2/c1-15-10-11-19-20(14-24)23(30-21(19)12-15)25-22(27)16-6-5-9-18(13-16)31(28,29)26-17-7-3-2-4-8-17/h5-6,9,13,15,17,26H,2-4,7-8,10-12H2,1H3,(H,25,27). The van der Waals surface area contributed by atoms with Gasteiger partial charge in [-0.05, 0) is 61.8 Å². The quantitative estimate of drug-likeness (QED) is 0.685. The summed E-state index contributed by atoms with van der Waals surface area (Å²) in [5.41, 5.74) is 1.85. The van der Waals surface area contributed by atoms with Gasteiger partial charge in [-0.3, -0.25) is 4.79 Å². The van der Waals surface area contributed by atoms with Crippen LogP contribution in [0.5, 0.6) is 0 Å². The number of carbonyl (C=O) groups excluding carboxylic acids is 1. The van der Waals surface area contributed by atoms with Gasteiger partial charge in [-0.1, -0.05) is 32.3 Å². The lowest BCUT2D eigenvalue weighted by atomic mass is 9.88. The summed E-state index contributed by atoms with van der Waals surface area (Å²) in [5, 5.41) is 13.0. The number of rotatable bonds is 5. The van der Waals surface area contributed by atoms with E-state index >= 15 is 0 Å². The highest BCUT2D eigenvalue weighted by molar-refractivity contribution is 7.89. The normalized spacial score (nSPS) is 19.4. The summed E-state index contributed by atoms with van der Waals surface area (Å²) in [5.74, 6) is 0.164. The third-order valence-electron chi connectivity index (χ3n) is 6.18. The summed E-state index contributed by atoms with van der Waals surface area (Å²) < 4.78 is 28.4. The number of fused-ring (bicyclic) bond motifs is 1. The van der Waals surface area contributed by atoms with Crippen LogP contribution in [0.25, 0.3) is 0 Å². The summed E-state index contributed by atoms with van der Waals surface area (Å²) in [6.07, 6.45) is 7.71. The number of sulfonamides is 1. The largest absolute Gasteiger partial charge is 0.312 e. The van der Waals surface area contributed by atoms with E-state index < -0.39 is 15.9 Å². The van der Waals surface area contributed by atoms with Crippen molar-refractivity contribution in [2.24, 2.45) is 5.92 Å². The van der Waals surface area contributed by atoms with E-state index in [0.717, 1.165) is 56.9 Å². The first-order valence-electron chi connectivity index (χ1n) is 10.9. The summed E-state index contributed by atoms with van der Waals surface area (Å²) in [6, 6.07) is 8.29. The molecule has 1 aromatic heterocycles. The summed E-state index contributed by atoms with van der Waals surface area (Å²) in [7, 11) is -3.69. The number of amides is 1. The van der Waals surface area contributed by atoms with Gasteiger partial charge in [0.1, 0.15) is 11.1 Å². The minimum Gasteiger partial charge on any atom is -0.312 e. The fraction of sp³-hybridized carbons (Fsp3) is 0.478. The minimum atomic E-state index is -3.69. The molecule has 0 aliphatic heterocycles. The molecule has 1 fully saturated rings. The van der Waals surface area contributed by atoms with Gasteiger partial charge < -0.3 is 5.32 Å². The maximum absolute atomic E-state index is 12.9. The van der Waals surface area contributed by atoms with E-state index in [9.17, 15) is 18.5 Å². The number of carbonyl (C=O) groups is 1.